The molecule has 19 heavy (non-hydrogen) atoms. The van der Waals surface area contributed by atoms with Crippen molar-refractivity contribution in [2.45, 2.75) is 18.3 Å². The predicted molar refractivity (Wildman–Crippen MR) is 69.3 cm³/mol. The van der Waals surface area contributed by atoms with Crippen molar-refractivity contribution in [3.63, 3.8) is 0 Å². The zero-order chi connectivity index (χ0) is 13.5. The molecule has 1 saturated heterocycles. The Bertz CT molecular complexity index is 533. The highest BCUT2D eigenvalue weighted by atomic mass is 16.4. The van der Waals surface area contributed by atoms with Crippen LogP contribution < -0.4 is 5.32 Å². The summed E-state index contributed by atoms with van der Waals surface area (Å²) in [5, 5.41) is 12.0. The van der Waals surface area contributed by atoms with E-state index in [4.69, 9.17) is 5.11 Å². The molecule has 2 heterocycles. The van der Waals surface area contributed by atoms with Crippen molar-refractivity contribution in [1.82, 2.24) is 10.2 Å². The van der Waals surface area contributed by atoms with Gasteiger partial charge in [0.25, 0.3) is 5.91 Å². The quantitative estimate of drug-likeness (QED) is 0.741. The highest BCUT2D eigenvalue weighted by molar-refractivity contribution is 5.97. The maximum atomic E-state index is 11.9. The molecule has 1 aromatic rings. The number of nitrogens with zero attached hydrogens (tertiary/aromatic N) is 1. The lowest BCUT2D eigenvalue weighted by Gasteiger charge is -2.44. The van der Waals surface area contributed by atoms with Crippen LogP contribution in [0.1, 0.15) is 28.8 Å². The molecule has 2 N–H and O–H groups in total. The molecule has 0 saturated carbocycles. The Hall–Kier alpha value is -2.04. The van der Waals surface area contributed by atoms with E-state index in [1.807, 2.05) is 24.3 Å². The van der Waals surface area contributed by atoms with E-state index >= 15 is 0 Å². The minimum Gasteiger partial charge on any atom is -0.465 e. The minimum atomic E-state index is -0.858. The van der Waals surface area contributed by atoms with E-state index in [0.717, 1.165) is 24.0 Å². The topological polar surface area (TPSA) is 69.6 Å². The van der Waals surface area contributed by atoms with Crippen LogP contribution in [0.25, 0.3) is 0 Å². The number of hydrogen-bond donors (Lipinski definition) is 2. The maximum Gasteiger partial charge on any atom is 0.407 e. The molecule has 1 spiro atoms. The first-order chi connectivity index (χ1) is 9.12. The van der Waals surface area contributed by atoms with Crippen LogP contribution in [0, 0.1) is 0 Å². The number of rotatable bonds is 0. The SMILES string of the molecule is O=C1NCC2(CCN(C(=O)O)CC2)c2ccccc21. The lowest BCUT2D eigenvalue weighted by atomic mass is 9.69. The fourth-order valence-electron chi connectivity index (χ4n) is 3.16. The van der Waals surface area contributed by atoms with Crippen molar-refractivity contribution < 1.29 is 14.7 Å². The van der Waals surface area contributed by atoms with Crippen LogP contribution in [0.2, 0.25) is 0 Å². The third-order valence-corrected chi connectivity index (χ3v) is 4.32. The van der Waals surface area contributed by atoms with Gasteiger partial charge in [-0.1, -0.05) is 18.2 Å². The number of fused-ring (bicyclic) bond motifs is 2. The number of benzene rings is 1. The molecule has 0 unspecified atom stereocenters. The third-order valence-electron chi connectivity index (χ3n) is 4.32. The van der Waals surface area contributed by atoms with Gasteiger partial charge in [-0.2, -0.15) is 0 Å². The molecule has 1 aromatic carbocycles. The second-order valence-corrected chi connectivity index (χ2v) is 5.28. The number of piperidine rings is 1. The normalized spacial score (nSPS) is 20.8. The Morgan fingerprint density at radius 2 is 1.95 bits per heavy atom. The number of likely N-dealkylation sites (tertiary alicyclic amines) is 1. The van der Waals surface area contributed by atoms with Gasteiger partial charge in [0.05, 0.1) is 0 Å². The lowest BCUT2D eigenvalue weighted by molar-refractivity contribution is 0.0868. The summed E-state index contributed by atoms with van der Waals surface area (Å²) in [6.45, 7) is 1.66. The van der Waals surface area contributed by atoms with Gasteiger partial charge in [0.15, 0.2) is 0 Å². The summed E-state index contributed by atoms with van der Waals surface area (Å²) in [6.07, 6.45) is 0.663. The van der Waals surface area contributed by atoms with Gasteiger partial charge in [0, 0.05) is 30.6 Å². The summed E-state index contributed by atoms with van der Waals surface area (Å²) >= 11 is 0. The van der Waals surface area contributed by atoms with Crippen LogP contribution in [-0.2, 0) is 5.41 Å². The number of carboxylic acid groups (broad SMARTS) is 1. The highest BCUT2D eigenvalue weighted by Crippen LogP contribution is 2.39. The number of amides is 2. The summed E-state index contributed by atoms with van der Waals surface area (Å²) in [4.78, 5) is 24.3. The van der Waals surface area contributed by atoms with E-state index in [-0.39, 0.29) is 11.3 Å². The van der Waals surface area contributed by atoms with E-state index in [2.05, 4.69) is 5.32 Å². The first kappa shape index (κ1) is 12.0. The van der Waals surface area contributed by atoms with E-state index in [9.17, 15) is 9.59 Å². The highest BCUT2D eigenvalue weighted by Gasteiger charge is 2.42. The van der Waals surface area contributed by atoms with Crippen LogP contribution in [0.4, 0.5) is 4.79 Å². The summed E-state index contributed by atoms with van der Waals surface area (Å²) in [7, 11) is 0. The molecule has 2 aliphatic heterocycles. The van der Waals surface area contributed by atoms with Crippen molar-refractivity contribution in [3.8, 4) is 0 Å². The number of nitrogens with one attached hydrogen (secondary N) is 1. The molecule has 5 heteroatoms. The van der Waals surface area contributed by atoms with Crippen LogP contribution in [0.5, 0.6) is 0 Å². The van der Waals surface area contributed by atoms with Gasteiger partial charge in [-0.15, -0.1) is 0 Å². The zero-order valence-electron chi connectivity index (χ0n) is 10.6. The summed E-state index contributed by atoms with van der Waals surface area (Å²) < 4.78 is 0. The van der Waals surface area contributed by atoms with Crippen molar-refractivity contribution >= 4 is 12.0 Å². The van der Waals surface area contributed by atoms with Crippen molar-refractivity contribution in [3.05, 3.63) is 35.4 Å². The smallest absolute Gasteiger partial charge is 0.407 e. The monoisotopic (exact) mass is 260 g/mol. The van der Waals surface area contributed by atoms with Gasteiger partial charge < -0.3 is 15.3 Å². The summed E-state index contributed by atoms with van der Waals surface area (Å²) in [6, 6.07) is 7.66. The van der Waals surface area contributed by atoms with Gasteiger partial charge in [-0.25, -0.2) is 4.79 Å². The molecule has 3 rings (SSSR count). The maximum absolute atomic E-state index is 11.9. The largest absolute Gasteiger partial charge is 0.465 e. The van der Waals surface area contributed by atoms with Crippen molar-refractivity contribution in [2.75, 3.05) is 19.6 Å². The van der Waals surface area contributed by atoms with Gasteiger partial charge in [-0.3, -0.25) is 4.79 Å². The number of hydrogen-bond acceptors (Lipinski definition) is 2. The van der Waals surface area contributed by atoms with Crippen LogP contribution in [-0.4, -0.2) is 41.6 Å². The molecule has 0 atom stereocenters. The Balaban J connectivity index is 1.93. The van der Waals surface area contributed by atoms with Gasteiger partial charge in [-0.05, 0) is 24.5 Å². The first-order valence-corrected chi connectivity index (χ1v) is 6.48. The standard InChI is InChI=1S/C14H16N2O3/c17-12-10-3-1-2-4-11(10)14(9-15-12)5-7-16(8-6-14)13(18)19/h1-4H,5-9H2,(H,15,17)(H,18,19). The minimum absolute atomic E-state index is 0.0260. The Morgan fingerprint density at radius 3 is 2.63 bits per heavy atom. The molecule has 100 valence electrons. The predicted octanol–water partition coefficient (Wildman–Crippen LogP) is 1.44. The van der Waals surface area contributed by atoms with Crippen molar-refractivity contribution in [2.24, 2.45) is 0 Å². The molecule has 0 bridgehead atoms. The summed E-state index contributed by atoms with van der Waals surface area (Å²) in [5.41, 5.74) is 1.71. The van der Waals surface area contributed by atoms with E-state index in [0.29, 0.717) is 19.6 Å². The number of carbonyl (C=O) groups is 2. The Morgan fingerprint density at radius 1 is 1.26 bits per heavy atom. The lowest BCUT2D eigenvalue weighted by Crippen LogP contribution is -2.53. The number of carbonyl (C=O) groups excluding carboxylic acids is 1. The average molecular weight is 260 g/mol. The molecule has 2 amide bonds. The van der Waals surface area contributed by atoms with Gasteiger partial charge >= 0.3 is 6.09 Å². The van der Waals surface area contributed by atoms with E-state index in [1.165, 1.54) is 4.90 Å². The fraction of sp³-hybridized carbons (Fsp3) is 0.429. The van der Waals surface area contributed by atoms with E-state index in [1.54, 1.807) is 0 Å². The van der Waals surface area contributed by atoms with Gasteiger partial charge in [0.1, 0.15) is 0 Å². The fourth-order valence-corrected chi connectivity index (χ4v) is 3.16. The Kier molecular flexibility index (Phi) is 2.69. The van der Waals surface area contributed by atoms with Crippen LogP contribution >= 0.6 is 0 Å². The first-order valence-electron chi connectivity index (χ1n) is 6.48. The van der Waals surface area contributed by atoms with Gasteiger partial charge in [0.2, 0.25) is 0 Å². The third kappa shape index (κ3) is 1.85. The molecule has 2 aliphatic rings. The second-order valence-electron chi connectivity index (χ2n) is 5.28. The second kappa shape index (κ2) is 4.26. The average Bonchev–Trinajstić information content (AvgIpc) is 2.44. The zero-order valence-corrected chi connectivity index (χ0v) is 10.6. The molecular weight excluding hydrogens is 244 g/mol. The van der Waals surface area contributed by atoms with Crippen LogP contribution in [0.3, 0.4) is 0 Å². The molecular formula is C14H16N2O3. The van der Waals surface area contributed by atoms with E-state index < -0.39 is 6.09 Å². The van der Waals surface area contributed by atoms with Crippen molar-refractivity contribution in [1.29, 1.82) is 0 Å². The Labute approximate surface area is 111 Å². The molecule has 0 aliphatic carbocycles. The van der Waals surface area contributed by atoms with Crippen LogP contribution in [0.15, 0.2) is 24.3 Å². The molecule has 5 nitrogen and oxygen atoms in total. The molecule has 0 aromatic heterocycles. The molecule has 0 radical (unpaired) electrons. The molecule has 1 fully saturated rings. The summed E-state index contributed by atoms with van der Waals surface area (Å²) in [5.74, 6) is -0.0260.